The van der Waals surface area contributed by atoms with E-state index in [0.29, 0.717) is 10.8 Å². The Morgan fingerprint density at radius 3 is 2.66 bits per heavy atom. The number of fused-ring (bicyclic) bond motifs is 6. The van der Waals surface area contributed by atoms with E-state index in [-0.39, 0.29) is 46.6 Å². The van der Waals surface area contributed by atoms with Crippen LogP contribution in [0.15, 0.2) is 46.3 Å². The third-order valence-corrected chi connectivity index (χ3v) is 9.29. The molecular weight excluding hydrogens is 464 g/mol. The minimum Gasteiger partial charge on any atom is -0.301 e. The number of allylic oxidation sites excluding steroid dienone is 2. The first kappa shape index (κ1) is 20.1. The zero-order chi connectivity index (χ0) is 22.0. The Morgan fingerprint density at radius 1 is 1.22 bits per heavy atom. The highest BCUT2D eigenvalue weighted by Gasteiger charge is 2.59. The molecule has 2 aromatic heterocycles. The summed E-state index contributed by atoms with van der Waals surface area (Å²) in [5, 5.41) is 4.84. The summed E-state index contributed by atoms with van der Waals surface area (Å²) in [7, 11) is 0. The molecule has 0 radical (unpaired) electrons. The fraction of sp³-hybridized carbons (Fsp3) is 0.318. The van der Waals surface area contributed by atoms with Gasteiger partial charge in [-0.1, -0.05) is 23.9 Å². The third kappa shape index (κ3) is 3.12. The van der Waals surface area contributed by atoms with Gasteiger partial charge in [0.05, 0.1) is 33.0 Å². The molecule has 1 saturated carbocycles. The average molecular weight is 483 g/mol. The average Bonchev–Trinajstić information content (AvgIpc) is 3.57. The van der Waals surface area contributed by atoms with Crippen molar-refractivity contribution in [3.63, 3.8) is 0 Å². The molecule has 162 valence electrons. The Hall–Kier alpha value is -2.56. The highest BCUT2D eigenvalue weighted by atomic mass is 32.2. The number of thioether (sulfide) groups is 1. The first-order valence-corrected chi connectivity index (χ1v) is 12.9. The molecule has 1 aliphatic heterocycles. The van der Waals surface area contributed by atoms with E-state index in [2.05, 4.69) is 27.4 Å². The molecule has 3 aromatic rings. The highest BCUT2D eigenvalue weighted by molar-refractivity contribution is 8.02. The smallest absolute Gasteiger partial charge is 0.239 e. The molecule has 1 aromatic carbocycles. The first-order valence-electron chi connectivity index (χ1n) is 10.3. The largest absolute Gasteiger partial charge is 0.301 e. The van der Waals surface area contributed by atoms with Crippen molar-refractivity contribution in [1.29, 1.82) is 0 Å². The first-order chi connectivity index (χ1) is 15.5. The molecule has 3 amide bonds. The van der Waals surface area contributed by atoms with Gasteiger partial charge in [-0.05, 0) is 43.4 Å². The van der Waals surface area contributed by atoms with Crippen LogP contribution in [0.3, 0.4) is 0 Å². The molecule has 6 rings (SSSR count). The summed E-state index contributed by atoms with van der Waals surface area (Å²) in [6.07, 6.45) is 6.77. The normalized spacial score (nSPS) is 26.8. The third-order valence-electron chi connectivity index (χ3n) is 6.39. The van der Waals surface area contributed by atoms with Gasteiger partial charge in [0, 0.05) is 11.6 Å². The zero-order valence-corrected chi connectivity index (χ0v) is 19.4. The number of nitrogens with zero attached hydrogens (tertiary/aromatic N) is 3. The minimum absolute atomic E-state index is 0.0807. The number of aromatic nitrogens is 2. The summed E-state index contributed by atoms with van der Waals surface area (Å²) in [5.41, 5.74) is 1.39. The number of rotatable bonds is 5. The lowest BCUT2D eigenvalue weighted by Gasteiger charge is -2.17. The summed E-state index contributed by atoms with van der Waals surface area (Å²) in [5.74, 6) is -0.327. The maximum absolute atomic E-state index is 13.1. The lowest BCUT2D eigenvalue weighted by atomic mass is 9.85. The van der Waals surface area contributed by atoms with Gasteiger partial charge in [-0.15, -0.1) is 22.7 Å². The van der Waals surface area contributed by atoms with Crippen LogP contribution in [0.25, 0.3) is 10.2 Å². The van der Waals surface area contributed by atoms with Crippen LogP contribution in [-0.2, 0) is 14.4 Å². The number of benzene rings is 1. The molecule has 3 aliphatic rings. The maximum Gasteiger partial charge on any atom is 0.239 e. The van der Waals surface area contributed by atoms with Crippen molar-refractivity contribution in [2.24, 2.45) is 23.7 Å². The molecule has 0 unspecified atom stereocenters. The minimum atomic E-state index is -0.344. The maximum atomic E-state index is 13.1. The van der Waals surface area contributed by atoms with Gasteiger partial charge in [0.1, 0.15) is 0 Å². The number of carbonyl (C=O) groups is 3. The van der Waals surface area contributed by atoms with E-state index in [9.17, 15) is 14.4 Å². The molecule has 10 heteroatoms. The van der Waals surface area contributed by atoms with Gasteiger partial charge in [0.15, 0.2) is 9.47 Å². The van der Waals surface area contributed by atoms with Crippen LogP contribution in [0.2, 0.25) is 0 Å². The number of carbonyl (C=O) groups excluding carboxylic acids is 3. The van der Waals surface area contributed by atoms with Gasteiger partial charge in [0.25, 0.3) is 0 Å². The fourth-order valence-electron chi connectivity index (χ4n) is 4.94. The molecular formula is C22H18N4O3S3. The van der Waals surface area contributed by atoms with Crippen molar-refractivity contribution in [1.82, 2.24) is 9.97 Å². The molecule has 5 atom stereocenters. The Bertz CT molecular complexity index is 1250. The summed E-state index contributed by atoms with van der Waals surface area (Å²) < 4.78 is 1.65. The SMILES string of the molecule is C[C@H](Sc1nc2ccc(N3C(=O)[C@@H]4[C@@H](C3=O)[C@H]3C=C[C@H]4C3)cc2s1)C(=O)Nc1nccs1. The van der Waals surface area contributed by atoms with E-state index in [1.807, 2.05) is 24.4 Å². The monoisotopic (exact) mass is 482 g/mol. The van der Waals surface area contributed by atoms with Crippen LogP contribution >= 0.6 is 34.4 Å². The molecule has 3 heterocycles. The Labute approximate surface area is 195 Å². The second-order valence-corrected chi connectivity index (χ2v) is 11.7. The van der Waals surface area contributed by atoms with Crippen molar-refractivity contribution >= 4 is 73.2 Å². The van der Waals surface area contributed by atoms with Gasteiger partial charge in [-0.25, -0.2) is 14.9 Å². The predicted octanol–water partition coefficient (Wildman–Crippen LogP) is 4.18. The van der Waals surface area contributed by atoms with Crippen LogP contribution in [0, 0.1) is 23.7 Å². The molecule has 1 N–H and O–H groups in total. The van der Waals surface area contributed by atoms with Gasteiger partial charge >= 0.3 is 0 Å². The van der Waals surface area contributed by atoms with Gasteiger partial charge in [-0.2, -0.15) is 0 Å². The van der Waals surface area contributed by atoms with Crippen molar-refractivity contribution in [3.05, 3.63) is 41.9 Å². The van der Waals surface area contributed by atoms with Crippen LogP contribution in [0.1, 0.15) is 13.3 Å². The molecule has 2 bridgehead atoms. The van der Waals surface area contributed by atoms with E-state index >= 15 is 0 Å². The van der Waals surface area contributed by atoms with Crippen molar-refractivity contribution in [2.75, 3.05) is 10.2 Å². The Morgan fingerprint density at radius 2 is 1.97 bits per heavy atom. The summed E-state index contributed by atoms with van der Waals surface area (Å²) in [6, 6.07) is 5.50. The number of amides is 3. The number of anilines is 2. The van der Waals surface area contributed by atoms with Gasteiger partial charge in [0.2, 0.25) is 17.7 Å². The highest BCUT2D eigenvalue weighted by Crippen LogP contribution is 2.53. The second kappa shape index (κ2) is 7.50. The number of thiazole rings is 2. The summed E-state index contributed by atoms with van der Waals surface area (Å²) in [6.45, 7) is 1.83. The topological polar surface area (TPSA) is 92.3 Å². The van der Waals surface area contributed by atoms with E-state index in [0.717, 1.165) is 21.0 Å². The molecule has 7 nitrogen and oxygen atoms in total. The predicted molar refractivity (Wildman–Crippen MR) is 126 cm³/mol. The van der Waals surface area contributed by atoms with Crippen molar-refractivity contribution in [2.45, 2.75) is 22.9 Å². The lowest BCUT2D eigenvalue weighted by Crippen LogP contribution is -2.32. The van der Waals surface area contributed by atoms with E-state index in [1.54, 1.807) is 12.3 Å². The van der Waals surface area contributed by atoms with Crippen LogP contribution < -0.4 is 10.2 Å². The number of hydrogen-bond acceptors (Lipinski definition) is 8. The van der Waals surface area contributed by atoms with Crippen LogP contribution in [0.4, 0.5) is 10.8 Å². The van der Waals surface area contributed by atoms with Crippen molar-refractivity contribution in [3.8, 4) is 0 Å². The van der Waals surface area contributed by atoms with E-state index in [4.69, 9.17) is 0 Å². The van der Waals surface area contributed by atoms with Crippen LogP contribution in [0.5, 0.6) is 0 Å². The van der Waals surface area contributed by atoms with E-state index in [1.165, 1.54) is 39.3 Å². The standard InChI is InChI=1S/C22H18N4O3S3/c1-10(18(27)25-21-23-6-7-30-21)31-22-24-14-5-4-13(9-15(14)32-22)26-19(28)16-11-2-3-12(8-11)17(16)20(26)29/h2-7,9-12,16-17H,8H2,1H3,(H,23,25,27)/t10-,11-,12-,16-,17-/m0/s1. The number of hydrogen-bond donors (Lipinski definition) is 1. The van der Waals surface area contributed by atoms with E-state index < -0.39 is 0 Å². The Balaban J connectivity index is 1.21. The van der Waals surface area contributed by atoms with Gasteiger partial charge in [-0.3, -0.25) is 14.4 Å². The molecule has 2 fully saturated rings. The fourth-order valence-corrected chi connectivity index (χ4v) is 7.71. The Kier molecular flexibility index (Phi) is 4.70. The van der Waals surface area contributed by atoms with Gasteiger partial charge < -0.3 is 5.32 Å². The molecule has 1 saturated heterocycles. The van der Waals surface area contributed by atoms with Crippen molar-refractivity contribution < 1.29 is 14.4 Å². The number of imide groups is 1. The van der Waals surface area contributed by atoms with Crippen LogP contribution in [-0.4, -0.2) is 32.9 Å². The summed E-state index contributed by atoms with van der Waals surface area (Å²) >= 11 is 4.21. The molecule has 0 spiro atoms. The second-order valence-electron chi connectivity index (χ2n) is 8.23. The molecule has 2 aliphatic carbocycles. The molecule has 32 heavy (non-hydrogen) atoms. The lowest BCUT2D eigenvalue weighted by molar-refractivity contribution is -0.123. The summed E-state index contributed by atoms with van der Waals surface area (Å²) in [4.78, 5) is 48.6. The zero-order valence-electron chi connectivity index (χ0n) is 16.9. The number of nitrogens with one attached hydrogen (secondary N) is 1. The quantitative estimate of drug-likeness (QED) is 0.333.